The number of aromatic carboxylic acids is 1. The third-order valence-electron chi connectivity index (χ3n) is 5.77. The van der Waals surface area contributed by atoms with Gasteiger partial charge in [-0.3, -0.25) is 9.89 Å². The number of nitrogens with zero attached hydrogens (tertiary/aromatic N) is 5. The molecule has 11 nitrogen and oxygen atoms in total. The number of hydrogen-bond donors (Lipinski definition) is 2. The summed E-state index contributed by atoms with van der Waals surface area (Å²) in [5, 5.41) is 16.2. The lowest BCUT2D eigenvalue weighted by atomic mass is 10.0. The number of carbonyl (C=O) groups excluding carboxylic acids is 2. The highest BCUT2D eigenvalue weighted by molar-refractivity contribution is 5.95. The molecular weight excluding hydrogens is 416 g/mol. The molecule has 2 amide bonds. The molecular formula is C21H26N6O5. The van der Waals surface area contributed by atoms with Crippen LogP contribution in [0.15, 0.2) is 12.4 Å². The number of aromatic nitrogens is 4. The van der Waals surface area contributed by atoms with E-state index in [1.54, 1.807) is 16.8 Å². The number of rotatable bonds is 4. The van der Waals surface area contributed by atoms with E-state index in [1.807, 2.05) is 20.8 Å². The van der Waals surface area contributed by atoms with Gasteiger partial charge in [-0.05, 0) is 33.6 Å². The number of amides is 2. The van der Waals surface area contributed by atoms with Crippen LogP contribution < -0.4 is 0 Å². The first-order chi connectivity index (χ1) is 15.0. The van der Waals surface area contributed by atoms with Crippen molar-refractivity contribution in [2.24, 2.45) is 0 Å². The highest BCUT2D eigenvalue weighted by Gasteiger charge is 2.53. The molecule has 0 saturated heterocycles. The first-order valence-electron chi connectivity index (χ1n) is 10.4. The van der Waals surface area contributed by atoms with Crippen LogP contribution in [0.25, 0.3) is 0 Å². The molecule has 2 aromatic heterocycles. The topological polar surface area (TPSA) is 142 Å². The zero-order valence-corrected chi connectivity index (χ0v) is 18.5. The van der Waals surface area contributed by atoms with E-state index in [-0.39, 0.29) is 23.7 Å². The Morgan fingerprint density at radius 2 is 1.88 bits per heavy atom. The minimum Gasteiger partial charge on any atom is -0.478 e. The molecule has 0 aromatic carbocycles. The van der Waals surface area contributed by atoms with E-state index < -0.39 is 23.2 Å². The van der Waals surface area contributed by atoms with Crippen molar-refractivity contribution in [1.29, 1.82) is 0 Å². The molecule has 0 bridgehead atoms. The molecule has 2 N–H and O–H groups in total. The number of carboxylic acid groups (broad SMARTS) is 1. The minimum atomic E-state index is -1.11. The summed E-state index contributed by atoms with van der Waals surface area (Å²) >= 11 is 0. The van der Waals surface area contributed by atoms with Crippen LogP contribution >= 0.6 is 0 Å². The number of carboxylic acids is 1. The van der Waals surface area contributed by atoms with Crippen LogP contribution in [0.1, 0.15) is 71.5 Å². The highest BCUT2D eigenvalue weighted by Crippen LogP contribution is 2.49. The fraction of sp³-hybridized carbons (Fsp3) is 0.524. The van der Waals surface area contributed by atoms with Gasteiger partial charge in [-0.15, -0.1) is 0 Å². The molecule has 32 heavy (non-hydrogen) atoms. The minimum absolute atomic E-state index is 0.0119. The van der Waals surface area contributed by atoms with Gasteiger partial charge in [0.1, 0.15) is 11.1 Å². The Bertz CT molecular complexity index is 1070. The van der Waals surface area contributed by atoms with Crippen molar-refractivity contribution in [3.8, 4) is 0 Å². The number of carbonyl (C=O) groups is 3. The molecule has 2 aromatic rings. The Morgan fingerprint density at radius 3 is 2.44 bits per heavy atom. The van der Waals surface area contributed by atoms with Crippen molar-refractivity contribution in [1.82, 2.24) is 30.0 Å². The van der Waals surface area contributed by atoms with Crippen LogP contribution in [-0.2, 0) is 23.2 Å². The van der Waals surface area contributed by atoms with E-state index in [0.29, 0.717) is 37.2 Å². The average molecular weight is 442 g/mol. The first kappa shape index (κ1) is 21.7. The molecule has 0 radical (unpaired) electrons. The van der Waals surface area contributed by atoms with Crippen LogP contribution in [0.5, 0.6) is 0 Å². The van der Waals surface area contributed by atoms with Gasteiger partial charge in [0.25, 0.3) is 5.91 Å². The van der Waals surface area contributed by atoms with E-state index >= 15 is 0 Å². The third kappa shape index (κ3) is 3.90. The van der Waals surface area contributed by atoms with Crippen molar-refractivity contribution in [2.45, 2.75) is 57.7 Å². The Labute approximate surface area is 184 Å². The van der Waals surface area contributed by atoms with Crippen molar-refractivity contribution >= 4 is 18.0 Å². The molecule has 2 aliphatic rings. The molecule has 3 heterocycles. The van der Waals surface area contributed by atoms with Gasteiger partial charge >= 0.3 is 12.1 Å². The summed E-state index contributed by atoms with van der Waals surface area (Å²) in [6.07, 6.45) is 3.94. The standard InChI is InChI=1S/C21H26N6O5/c1-20(2,3)32-19(31)27-8-5-14-13(11-27)15(25-24-14)16(28)26(4)21(6-7-21)18-22-9-12(10-23-18)17(29)30/h9-10H,5-8,11H2,1-4H3,(H,24,25)(H,29,30). The smallest absolute Gasteiger partial charge is 0.410 e. The predicted molar refractivity (Wildman–Crippen MR) is 111 cm³/mol. The third-order valence-corrected chi connectivity index (χ3v) is 5.77. The average Bonchev–Trinajstić information content (AvgIpc) is 3.44. The summed E-state index contributed by atoms with van der Waals surface area (Å²) in [5.41, 5.74) is 0.442. The van der Waals surface area contributed by atoms with Gasteiger partial charge in [0.2, 0.25) is 0 Å². The summed E-state index contributed by atoms with van der Waals surface area (Å²) in [6.45, 7) is 6.13. The maximum atomic E-state index is 13.4. The molecule has 1 aliphatic carbocycles. The molecule has 1 aliphatic heterocycles. The van der Waals surface area contributed by atoms with Crippen LogP contribution in [0.2, 0.25) is 0 Å². The Balaban J connectivity index is 1.54. The van der Waals surface area contributed by atoms with Crippen LogP contribution in [-0.4, -0.2) is 72.2 Å². The van der Waals surface area contributed by atoms with Gasteiger partial charge in [0.05, 0.1) is 12.1 Å². The zero-order chi connectivity index (χ0) is 23.3. The first-order valence-corrected chi connectivity index (χ1v) is 10.4. The van der Waals surface area contributed by atoms with E-state index in [1.165, 1.54) is 12.4 Å². The predicted octanol–water partition coefficient (Wildman–Crippen LogP) is 1.95. The van der Waals surface area contributed by atoms with E-state index in [4.69, 9.17) is 9.84 Å². The number of fused-ring (bicyclic) bond motifs is 1. The number of ether oxygens (including phenoxy) is 1. The Kier molecular flexibility index (Phi) is 5.14. The van der Waals surface area contributed by atoms with Crippen LogP contribution in [0.3, 0.4) is 0 Å². The fourth-order valence-corrected chi connectivity index (χ4v) is 3.81. The van der Waals surface area contributed by atoms with Gasteiger partial charge in [-0.25, -0.2) is 19.6 Å². The van der Waals surface area contributed by atoms with Gasteiger partial charge in [-0.1, -0.05) is 0 Å². The Morgan fingerprint density at radius 1 is 1.22 bits per heavy atom. The fourth-order valence-electron chi connectivity index (χ4n) is 3.81. The van der Waals surface area contributed by atoms with Crippen molar-refractivity contribution < 1.29 is 24.2 Å². The molecule has 1 saturated carbocycles. The number of nitrogens with one attached hydrogen (secondary N) is 1. The summed E-state index contributed by atoms with van der Waals surface area (Å²) in [6, 6.07) is 0. The van der Waals surface area contributed by atoms with Crippen molar-refractivity contribution in [3.63, 3.8) is 0 Å². The van der Waals surface area contributed by atoms with Gasteiger partial charge in [0, 0.05) is 43.7 Å². The maximum absolute atomic E-state index is 13.4. The molecule has 11 heteroatoms. The SMILES string of the molecule is CN(C(=O)c1n[nH]c2c1CN(C(=O)OC(C)(C)C)CC2)C1(c2ncc(C(=O)O)cn2)CC1. The van der Waals surface area contributed by atoms with E-state index in [0.717, 1.165) is 5.69 Å². The molecule has 0 unspecified atom stereocenters. The molecule has 170 valence electrons. The second kappa shape index (κ2) is 7.57. The second-order valence-electron chi connectivity index (χ2n) is 9.18. The summed E-state index contributed by atoms with van der Waals surface area (Å²) in [5.74, 6) is -1.02. The number of aromatic amines is 1. The van der Waals surface area contributed by atoms with Gasteiger partial charge in [0.15, 0.2) is 11.5 Å². The van der Waals surface area contributed by atoms with Crippen LogP contribution in [0, 0.1) is 0 Å². The second-order valence-corrected chi connectivity index (χ2v) is 9.18. The zero-order valence-electron chi connectivity index (χ0n) is 18.5. The molecule has 0 atom stereocenters. The van der Waals surface area contributed by atoms with Crippen LogP contribution in [0.4, 0.5) is 4.79 Å². The number of hydrogen-bond acceptors (Lipinski definition) is 7. The maximum Gasteiger partial charge on any atom is 0.410 e. The van der Waals surface area contributed by atoms with Crippen molar-refractivity contribution in [3.05, 3.63) is 40.7 Å². The number of H-pyrrole nitrogens is 1. The van der Waals surface area contributed by atoms with E-state index in [2.05, 4.69) is 20.2 Å². The molecule has 0 spiro atoms. The summed E-state index contributed by atoms with van der Waals surface area (Å²) in [4.78, 5) is 48.5. The van der Waals surface area contributed by atoms with E-state index in [9.17, 15) is 14.4 Å². The quantitative estimate of drug-likeness (QED) is 0.732. The lowest BCUT2D eigenvalue weighted by Crippen LogP contribution is -2.41. The van der Waals surface area contributed by atoms with Crippen molar-refractivity contribution in [2.75, 3.05) is 13.6 Å². The van der Waals surface area contributed by atoms with Gasteiger partial charge < -0.3 is 19.6 Å². The largest absolute Gasteiger partial charge is 0.478 e. The van der Waals surface area contributed by atoms with Gasteiger partial charge in [-0.2, -0.15) is 5.10 Å². The summed E-state index contributed by atoms with van der Waals surface area (Å²) < 4.78 is 5.47. The lowest BCUT2D eigenvalue weighted by molar-refractivity contribution is 0.0221. The summed E-state index contributed by atoms with van der Waals surface area (Å²) in [7, 11) is 1.67. The normalized spacial score (nSPS) is 16.8. The molecule has 1 fully saturated rings. The monoisotopic (exact) mass is 442 g/mol. The lowest BCUT2D eigenvalue weighted by Gasteiger charge is -2.31. The molecule has 4 rings (SSSR count). The highest BCUT2D eigenvalue weighted by atomic mass is 16.6. The Hall–Kier alpha value is -3.50.